The molecular formula is C19H26FN3O2. The number of rotatable bonds is 5. The lowest BCUT2D eigenvalue weighted by Gasteiger charge is -2.38. The van der Waals surface area contributed by atoms with Crippen molar-refractivity contribution < 1.29 is 14.0 Å². The second kappa shape index (κ2) is 7.85. The molecule has 1 aromatic carbocycles. The molecule has 0 radical (unpaired) electrons. The molecule has 1 aromatic rings. The number of nitrogens with one attached hydrogen (secondary N) is 1. The monoisotopic (exact) mass is 347 g/mol. The molecule has 0 spiro atoms. The minimum absolute atomic E-state index is 0.0220. The first-order valence-corrected chi connectivity index (χ1v) is 9.16. The molecule has 1 atom stereocenters. The number of carbonyl (C=O) groups excluding carboxylic acids is 2. The third-order valence-corrected chi connectivity index (χ3v) is 5.25. The molecule has 3 amide bonds. The summed E-state index contributed by atoms with van der Waals surface area (Å²) in [5, 5.41) is 3.05. The van der Waals surface area contributed by atoms with E-state index in [-0.39, 0.29) is 36.4 Å². The third-order valence-electron chi connectivity index (χ3n) is 5.25. The zero-order valence-corrected chi connectivity index (χ0v) is 14.7. The molecule has 2 aliphatic rings. The molecule has 0 unspecified atom stereocenters. The van der Waals surface area contributed by atoms with Crippen molar-refractivity contribution in [3.05, 3.63) is 35.6 Å². The number of hydrogen-bond acceptors (Lipinski definition) is 2. The Morgan fingerprint density at radius 2 is 2.04 bits per heavy atom. The molecule has 136 valence electrons. The Hall–Kier alpha value is -2.11. The number of hydrogen-bond donors (Lipinski definition) is 1. The summed E-state index contributed by atoms with van der Waals surface area (Å²) in [6, 6.07) is 6.61. The fraction of sp³-hybridized carbons (Fsp3) is 0.579. The normalized spacial score (nSPS) is 20.2. The molecule has 0 bridgehead atoms. The van der Waals surface area contributed by atoms with Gasteiger partial charge in [-0.3, -0.25) is 4.79 Å². The van der Waals surface area contributed by atoms with Gasteiger partial charge in [0.1, 0.15) is 5.82 Å². The number of likely N-dealkylation sites (tertiary alicyclic amines) is 1. The van der Waals surface area contributed by atoms with Crippen LogP contribution in [0.1, 0.15) is 44.6 Å². The Morgan fingerprint density at radius 1 is 1.28 bits per heavy atom. The molecule has 2 fully saturated rings. The fourth-order valence-corrected chi connectivity index (χ4v) is 3.46. The van der Waals surface area contributed by atoms with Gasteiger partial charge in [0.2, 0.25) is 5.91 Å². The highest BCUT2D eigenvalue weighted by atomic mass is 19.1. The molecule has 1 aliphatic carbocycles. The number of benzene rings is 1. The molecule has 1 saturated heterocycles. The van der Waals surface area contributed by atoms with Crippen molar-refractivity contribution in [2.24, 2.45) is 0 Å². The van der Waals surface area contributed by atoms with Crippen LogP contribution in [0.5, 0.6) is 0 Å². The quantitative estimate of drug-likeness (QED) is 0.890. The Morgan fingerprint density at radius 3 is 2.68 bits per heavy atom. The Balaban J connectivity index is 1.62. The Labute approximate surface area is 148 Å². The lowest BCUT2D eigenvalue weighted by atomic mass is 9.91. The van der Waals surface area contributed by atoms with Crippen molar-refractivity contribution in [2.45, 2.75) is 57.7 Å². The summed E-state index contributed by atoms with van der Waals surface area (Å²) in [6.07, 6.45) is 4.30. The second-order valence-corrected chi connectivity index (χ2v) is 6.93. The maximum Gasteiger partial charge on any atom is 0.318 e. The van der Waals surface area contributed by atoms with Crippen molar-refractivity contribution in [3.8, 4) is 0 Å². The van der Waals surface area contributed by atoms with Gasteiger partial charge in [-0.05, 0) is 31.7 Å². The Kier molecular flexibility index (Phi) is 5.56. The van der Waals surface area contributed by atoms with Gasteiger partial charge in [0.25, 0.3) is 0 Å². The molecule has 25 heavy (non-hydrogen) atoms. The van der Waals surface area contributed by atoms with Crippen LogP contribution in [0.3, 0.4) is 0 Å². The van der Waals surface area contributed by atoms with Crippen LogP contribution in [0.25, 0.3) is 0 Å². The van der Waals surface area contributed by atoms with Gasteiger partial charge in [-0.25, -0.2) is 9.18 Å². The van der Waals surface area contributed by atoms with Gasteiger partial charge in [-0.15, -0.1) is 0 Å². The van der Waals surface area contributed by atoms with Crippen LogP contribution in [0.4, 0.5) is 9.18 Å². The number of nitrogens with zero attached hydrogens (tertiary/aromatic N) is 2. The zero-order valence-electron chi connectivity index (χ0n) is 14.7. The predicted octanol–water partition coefficient (Wildman–Crippen LogP) is 2.90. The van der Waals surface area contributed by atoms with Crippen molar-refractivity contribution in [1.29, 1.82) is 0 Å². The highest BCUT2D eigenvalue weighted by Crippen LogP contribution is 2.27. The van der Waals surface area contributed by atoms with Crippen molar-refractivity contribution in [2.75, 3.05) is 13.1 Å². The van der Waals surface area contributed by atoms with E-state index in [2.05, 4.69) is 5.32 Å². The Bertz CT molecular complexity index is 633. The highest BCUT2D eigenvalue weighted by molar-refractivity contribution is 5.77. The highest BCUT2D eigenvalue weighted by Gasteiger charge is 2.32. The minimum Gasteiger partial charge on any atom is -0.341 e. The van der Waals surface area contributed by atoms with E-state index < -0.39 is 0 Å². The van der Waals surface area contributed by atoms with Crippen LogP contribution in [-0.4, -0.2) is 46.9 Å². The summed E-state index contributed by atoms with van der Waals surface area (Å²) in [5.74, 6) is -0.154. The summed E-state index contributed by atoms with van der Waals surface area (Å²) in [7, 11) is 0. The van der Waals surface area contributed by atoms with E-state index >= 15 is 0 Å². The summed E-state index contributed by atoms with van der Waals surface area (Å²) in [4.78, 5) is 28.1. The van der Waals surface area contributed by atoms with Crippen LogP contribution in [0.15, 0.2) is 24.3 Å². The minimum atomic E-state index is -0.278. The lowest BCUT2D eigenvalue weighted by molar-refractivity contribution is -0.129. The molecule has 1 aliphatic heterocycles. The van der Waals surface area contributed by atoms with Gasteiger partial charge < -0.3 is 15.1 Å². The largest absolute Gasteiger partial charge is 0.341 e. The van der Waals surface area contributed by atoms with E-state index in [1.807, 2.05) is 6.92 Å². The molecule has 5 nitrogen and oxygen atoms in total. The van der Waals surface area contributed by atoms with E-state index in [0.717, 1.165) is 25.7 Å². The first kappa shape index (κ1) is 17.7. The number of amides is 3. The van der Waals surface area contributed by atoms with E-state index in [9.17, 15) is 14.0 Å². The molecule has 0 aromatic heterocycles. The van der Waals surface area contributed by atoms with Crippen LogP contribution < -0.4 is 5.32 Å². The average Bonchev–Trinajstić information content (AvgIpc) is 3.02. The van der Waals surface area contributed by atoms with Gasteiger partial charge in [-0.1, -0.05) is 25.1 Å². The van der Waals surface area contributed by atoms with Crippen LogP contribution in [-0.2, 0) is 11.3 Å². The van der Waals surface area contributed by atoms with Gasteiger partial charge in [0, 0.05) is 37.2 Å². The first-order valence-electron chi connectivity index (χ1n) is 9.16. The molecule has 6 heteroatoms. The van der Waals surface area contributed by atoms with Crippen LogP contribution >= 0.6 is 0 Å². The van der Waals surface area contributed by atoms with E-state index in [0.29, 0.717) is 25.1 Å². The maximum atomic E-state index is 14.0. The summed E-state index contributed by atoms with van der Waals surface area (Å²) in [5.41, 5.74) is 0.541. The topological polar surface area (TPSA) is 52.7 Å². The van der Waals surface area contributed by atoms with Crippen LogP contribution in [0, 0.1) is 5.82 Å². The SMILES string of the molecule is CCC(=O)N1CC[C@H](NC(=O)N(Cc2ccccc2F)C2CCC2)C1. The van der Waals surface area contributed by atoms with Gasteiger partial charge in [0.15, 0.2) is 0 Å². The van der Waals surface area contributed by atoms with Crippen molar-refractivity contribution >= 4 is 11.9 Å². The van der Waals surface area contributed by atoms with Gasteiger partial charge >= 0.3 is 6.03 Å². The summed E-state index contributed by atoms with van der Waals surface area (Å²) >= 11 is 0. The van der Waals surface area contributed by atoms with Crippen molar-refractivity contribution in [3.63, 3.8) is 0 Å². The smallest absolute Gasteiger partial charge is 0.318 e. The van der Waals surface area contributed by atoms with E-state index in [4.69, 9.17) is 0 Å². The first-order chi connectivity index (χ1) is 12.1. The van der Waals surface area contributed by atoms with Gasteiger partial charge in [0.05, 0.1) is 6.54 Å². The van der Waals surface area contributed by atoms with Crippen molar-refractivity contribution in [1.82, 2.24) is 15.1 Å². The zero-order chi connectivity index (χ0) is 17.8. The van der Waals surface area contributed by atoms with Crippen LogP contribution in [0.2, 0.25) is 0 Å². The number of urea groups is 1. The molecule has 1 N–H and O–H groups in total. The second-order valence-electron chi connectivity index (χ2n) is 6.93. The number of carbonyl (C=O) groups is 2. The molecule has 3 rings (SSSR count). The number of halogens is 1. The third kappa shape index (κ3) is 4.11. The molecular weight excluding hydrogens is 321 g/mol. The molecule has 1 heterocycles. The van der Waals surface area contributed by atoms with E-state index in [1.54, 1.807) is 28.0 Å². The van der Waals surface area contributed by atoms with Gasteiger partial charge in [-0.2, -0.15) is 0 Å². The summed E-state index contributed by atoms with van der Waals surface area (Å²) < 4.78 is 14.0. The maximum absolute atomic E-state index is 14.0. The average molecular weight is 347 g/mol. The fourth-order valence-electron chi connectivity index (χ4n) is 3.46. The standard InChI is InChI=1S/C19H26FN3O2/c1-2-18(24)22-11-10-15(13-22)21-19(25)23(16-7-5-8-16)12-14-6-3-4-9-17(14)20/h3-4,6,9,15-16H,2,5,7-8,10-13H2,1H3,(H,21,25)/t15-/m0/s1. The lowest BCUT2D eigenvalue weighted by Crippen LogP contribution is -2.51. The predicted molar refractivity (Wildman–Crippen MR) is 93.4 cm³/mol. The molecule has 1 saturated carbocycles. The summed E-state index contributed by atoms with van der Waals surface area (Å²) in [6.45, 7) is 3.39. The van der Waals surface area contributed by atoms with E-state index in [1.165, 1.54) is 6.07 Å².